The predicted molar refractivity (Wildman–Crippen MR) is 67.6 cm³/mol. The zero-order valence-corrected chi connectivity index (χ0v) is 10.2. The van der Waals surface area contributed by atoms with E-state index in [1.54, 1.807) is 6.07 Å². The molecule has 1 aromatic heterocycles. The Morgan fingerprint density at radius 1 is 1.06 bits per heavy atom. The van der Waals surface area contributed by atoms with E-state index in [1.165, 1.54) is 42.3 Å². The lowest BCUT2D eigenvalue weighted by molar-refractivity contribution is 0.620. The fourth-order valence-electron chi connectivity index (χ4n) is 3.29. The molecule has 0 radical (unpaired) electrons. The third kappa shape index (κ3) is 1.36. The second kappa shape index (κ2) is 3.67. The molecule has 0 unspecified atom stereocenters. The summed E-state index contributed by atoms with van der Waals surface area (Å²) in [6, 6.07) is 5.05. The van der Waals surface area contributed by atoms with E-state index in [-0.39, 0.29) is 5.82 Å². The highest BCUT2D eigenvalue weighted by molar-refractivity contribution is 5.48. The third-order valence-electron chi connectivity index (χ3n) is 4.16. The van der Waals surface area contributed by atoms with Gasteiger partial charge in [-0.25, -0.2) is 9.07 Å². The van der Waals surface area contributed by atoms with Crippen LogP contribution in [0.5, 0.6) is 0 Å². The average Bonchev–Trinajstić information content (AvgIpc) is 2.77. The summed E-state index contributed by atoms with van der Waals surface area (Å²) in [5.41, 5.74) is 6.27. The summed E-state index contributed by atoms with van der Waals surface area (Å²) in [4.78, 5) is 0. The highest BCUT2D eigenvalue weighted by atomic mass is 19.1. The van der Waals surface area contributed by atoms with Gasteiger partial charge in [0.05, 0.1) is 11.4 Å². The Balaban J connectivity index is 1.93. The van der Waals surface area contributed by atoms with Gasteiger partial charge in [0.15, 0.2) is 0 Å². The first-order chi connectivity index (χ1) is 8.83. The lowest BCUT2D eigenvalue weighted by Gasteiger charge is -2.19. The van der Waals surface area contributed by atoms with Crippen LogP contribution in [0.25, 0.3) is 5.69 Å². The van der Waals surface area contributed by atoms with Gasteiger partial charge < -0.3 is 0 Å². The molecule has 2 nitrogen and oxygen atoms in total. The van der Waals surface area contributed by atoms with Gasteiger partial charge in [-0.05, 0) is 67.9 Å². The molecule has 92 valence electrons. The van der Waals surface area contributed by atoms with Gasteiger partial charge in [-0.2, -0.15) is 5.10 Å². The van der Waals surface area contributed by atoms with E-state index in [2.05, 4.69) is 4.68 Å². The fourth-order valence-corrected chi connectivity index (χ4v) is 3.29. The molecule has 0 atom stereocenters. The predicted octanol–water partition coefficient (Wildman–Crippen LogP) is 2.99. The van der Waals surface area contributed by atoms with Crippen LogP contribution in [0.1, 0.15) is 35.4 Å². The van der Waals surface area contributed by atoms with E-state index in [4.69, 9.17) is 5.10 Å². The minimum absolute atomic E-state index is 0.144. The lowest BCUT2D eigenvalue weighted by atomic mass is 9.92. The van der Waals surface area contributed by atoms with Crippen LogP contribution >= 0.6 is 0 Å². The maximum Gasteiger partial charge on any atom is 0.123 e. The lowest BCUT2D eigenvalue weighted by Crippen LogP contribution is -2.14. The number of aromatic nitrogens is 2. The van der Waals surface area contributed by atoms with E-state index in [9.17, 15) is 4.39 Å². The van der Waals surface area contributed by atoms with Crippen molar-refractivity contribution in [1.29, 1.82) is 0 Å². The van der Waals surface area contributed by atoms with Crippen LogP contribution in [0.2, 0.25) is 0 Å². The number of benzene rings is 1. The minimum Gasteiger partial charge on any atom is -0.237 e. The Bertz CT molecular complexity index is 628. The first kappa shape index (κ1) is 10.3. The summed E-state index contributed by atoms with van der Waals surface area (Å²) < 4.78 is 15.3. The van der Waals surface area contributed by atoms with E-state index < -0.39 is 0 Å². The molecule has 4 rings (SSSR count). The summed E-state index contributed by atoms with van der Waals surface area (Å²) in [6.45, 7) is 0. The van der Waals surface area contributed by atoms with Crippen molar-refractivity contribution in [2.75, 3.05) is 0 Å². The Labute approximate surface area is 105 Å². The van der Waals surface area contributed by atoms with Gasteiger partial charge in [0.25, 0.3) is 0 Å². The van der Waals surface area contributed by atoms with Gasteiger partial charge in [0, 0.05) is 5.69 Å². The zero-order chi connectivity index (χ0) is 12.1. The van der Waals surface area contributed by atoms with Gasteiger partial charge in [-0.15, -0.1) is 0 Å². The Kier molecular flexibility index (Phi) is 2.10. The molecule has 1 aromatic carbocycles. The molecule has 0 saturated carbocycles. The van der Waals surface area contributed by atoms with Gasteiger partial charge >= 0.3 is 0 Å². The monoisotopic (exact) mass is 242 g/mol. The summed E-state index contributed by atoms with van der Waals surface area (Å²) in [7, 11) is 0. The Morgan fingerprint density at radius 2 is 1.94 bits per heavy atom. The van der Waals surface area contributed by atoms with Crippen molar-refractivity contribution >= 4 is 0 Å². The summed E-state index contributed by atoms with van der Waals surface area (Å²) in [5, 5.41) is 4.76. The van der Waals surface area contributed by atoms with Crippen molar-refractivity contribution in [1.82, 2.24) is 9.78 Å². The first-order valence-corrected chi connectivity index (χ1v) is 6.71. The van der Waals surface area contributed by atoms with Crippen LogP contribution in [0.4, 0.5) is 4.39 Å². The molecule has 0 amide bonds. The minimum atomic E-state index is -0.144. The number of nitrogens with zero attached hydrogens (tertiary/aromatic N) is 2. The van der Waals surface area contributed by atoms with Crippen molar-refractivity contribution in [3.63, 3.8) is 0 Å². The van der Waals surface area contributed by atoms with E-state index in [0.29, 0.717) is 0 Å². The molecule has 3 heteroatoms. The van der Waals surface area contributed by atoms with Crippen molar-refractivity contribution in [2.45, 2.75) is 38.5 Å². The number of halogens is 1. The second-order valence-corrected chi connectivity index (χ2v) is 5.26. The fraction of sp³-hybridized carbons (Fsp3) is 0.400. The van der Waals surface area contributed by atoms with E-state index in [0.717, 1.165) is 30.5 Å². The largest absolute Gasteiger partial charge is 0.237 e. The smallest absolute Gasteiger partial charge is 0.123 e. The van der Waals surface area contributed by atoms with Crippen LogP contribution in [0, 0.1) is 5.82 Å². The summed E-state index contributed by atoms with van der Waals surface area (Å²) >= 11 is 0. The topological polar surface area (TPSA) is 17.8 Å². The van der Waals surface area contributed by atoms with Gasteiger partial charge in [-0.3, -0.25) is 0 Å². The normalized spacial score (nSPS) is 16.9. The van der Waals surface area contributed by atoms with Crippen LogP contribution in [-0.2, 0) is 25.7 Å². The van der Waals surface area contributed by atoms with Crippen molar-refractivity contribution < 1.29 is 4.39 Å². The molecule has 1 aliphatic carbocycles. The number of aryl methyl sites for hydroxylation is 2. The van der Waals surface area contributed by atoms with Crippen LogP contribution < -0.4 is 0 Å². The standard InChI is InChI=1S/C15H15FN2/c16-11-6-8-14-10(9-11)5-7-15-12-3-1-2-4-13(12)17-18(14)15/h6,8-9H,1-5,7H2. The Morgan fingerprint density at radius 3 is 2.89 bits per heavy atom. The van der Waals surface area contributed by atoms with Crippen LogP contribution in [-0.4, -0.2) is 9.78 Å². The summed E-state index contributed by atoms with van der Waals surface area (Å²) in [5.74, 6) is -0.144. The molecule has 0 spiro atoms. The summed E-state index contributed by atoms with van der Waals surface area (Å²) in [6.07, 6.45) is 6.73. The van der Waals surface area contributed by atoms with Crippen molar-refractivity contribution in [3.05, 3.63) is 46.5 Å². The molecule has 1 aliphatic heterocycles. The van der Waals surface area contributed by atoms with Gasteiger partial charge in [-0.1, -0.05) is 0 Å². The number of rotatable bonds is 0. The van der Waals surface area contributed by atoms with Crippen molar-refractivity contribution in [2.24, 2.45) is 0 Å². The van der Waals surface area contributed by atoms with E-state index >= 15 is 0 Å². The number of hydrogen-bond acceptors (Lipinski definition) is 1. The maximum absolute atomic E-state index is 13.3. The third-order valence-corrected chi connectivity index (χ3v) is 4.16. The van der Waals surface area contributed by atoms with E-state index in [1.807, 2.05) is 6.07 Å². The number of fused-ring (bicyclic) bond motifs is 5. The molecule has 2 heterocycles. The molecule has 0 fully saturated rings. The molecule has 0 N–H and O–H groups in total. The van der Waals surface area contributed by atoms with Crippen LogP contribution in [0.3, 0.4) is 0 Å². The quantitative estimate of drug-likeness (QED) is 0.694. The zero-order valence-electron chi connectivity index (χ0n) is 10.2. The molecular weight excluding hydrogens is 227 g/mol. The van der Waals surface area contributed by atoms with Gasteiger partial charge in [0.1, 0.15) is 5.82 Å². The Hall–Kier alpha value is -1.64. The van der Waals surface area contributed by atoms with Crippen molar-refractivity contribution in [3.8, 4) is 5.69 Å². The van der Waals surface area contributed by atoms with Crippen LogP contribution in [0.15, 0.2) is 18.2 Å². The second-order valence-electron chi connectivity index (χ2n) is 5.26. The molecule has 0 bridgehead atoms. The highest BCUT2D eigenvalue weighted by Gasteiger charge is 2.25. The molecule has 0 saturated heterocycles. The first-order valence-electron chi connectivity index (χ1n) is 6.71. The van der Waals surface area contributed by atoms with Gasteiger partial charge in [0.2, 0.25) is 0 Å². The maximum atomic E-state index is 13.3. The SMILES string of the molecule is Fc1ccc2c(c1)CCc1c3c(nn1-2)CCCC3. The highest BCUT2D eigenvalue weighted by Crippen LogP contribution is 2.31. The molecular formula is C15H15FN2. The molecule has 2 aromatic rings. The average molecular weight is 242 g/mol. The number of hydrogen-bond donors (Lipinski definition) is 0. The molecule has 2 aliphatic rings. The molecule has 18 heavy (non-hydrogen) atoms.